The SMILES string of the molecule is CCCCCCCCCCCCCCC(=O)N[C@H](NC(=S)Nc1ccccc1C)C(Cl)(Cl)Cl. The van der Waals surface area contributed by atoms with Gasteiger partial charge in [0, 0.05) is 12.1 Å². The molecule has 1 amide bonds. The number of alkyl halides is 3. The second kappa shape index (κ2) is 17.7. The summed E-state index contributed by atoms with van der Waals surface area (Å²) in [7, 11) is 0. The molecule has 0 aliphatic heterocycles. The molecule has 0 aliphatic rings. The lowest BCUT2D eigenvalue weighted by molar-refractivity contribution is -0.122. The topological polar surface area (TPSA) is 53.2 Å². The van der Waals surface area contributed by atoms with Crippen LogP contribution in [0.15, 0.2) is 24.3 Å². The summed E-state index contributed by atoms with van der Waals surface area (Å²) in [5.41, 5.74) is 1.88. The summed E-state index contributed by atoms with van der Waals surface area (Å²) in [6.07, 6.45) is 14.4. The van der Waals surface area contributed by atoms with E-state index in [2.05, 4.69) is 22.9 Å². The van der Waals surface area contributed by atoms with E-state index in [1.54, 1.807) is 0 Å². The maximum atomic E-state index is 12.4. The number of carbonyl (C=O) groups is 1. The van der Waals surface area contributed by atoms with Crippen molar-refractivity contribution in [1.29, 1.82) is 0 Å². The van der Waals surface area contributed by atoms with Crippen molar-refractivity contribution in [1.82, 2.24) is 10.6 Å². The van der Waals surface area contributed by atoms with Crippen molar-refractivity contribution < 1.29 is 4.79 Å². The first kappa shape index (κ1) is 30.3. The van der Waals surface area contributed by atoms with Crippen LogP contribution < -0.4 is 16.0 Å². The number of halogens is 3. The van der Waals surface area contributed by atoms with Gasteiger partial charge >= 0.3 is 0 Å². The van der Waals surface area contributed by atoms with Crippen LogP contribution in [0.2, 0.25) is 0 Å². The number of unbranched alkanes of at least 4 members (excludes halogenated alkanes) is 11. The predicted molar refractivity (Wildman–Crippen MR) is 148 cm³/mol. The zero-order valence-corrected chi connectivity index (χ0v) is 23.1. The third-order valence-corrected chi connectivity index (χ3v) is 6.43. The number of benzene rings is 1. The van der Waals surface area contributed by atoms with Gasteiger partial charge in [-0.1, -0.05) is 131 Å². The van der Waals surface area contributed by atoms with E-state index < -0.39 is 9.96 Å². The number of amides is 1. The summed E-state index contributed by atoms with van der Waals surface area (Å²) >= 11 is 23.5. The molecule has 0 spiro atoms. The molecule has 0 fully saturated rings. The normalized spacial score (nSPS) is 12.3. The first-order valence-corrected chi connectivity index (χ1v) is 13.8. The molecular weight excluding hydrogens is 497 g/mol. The van der Waals surface area contributed by atoms with Gasteiger partial charge in [0.25, 0.3) is 0 Å². The highest BCUT2D eigenvalue weighted by molar-refractivity contribution is 7.80. The molecule has 3 N–H and O–H groups in total. The van der Waals surface area contributed by atoms with Crippen LogP contribution in [0.1, 0.15) is 96.0 Å². The molecular formula is C25H40Cl3N3OS. The minimum Gasteiger partial charge on any atom is -0.339 e. The molecule has 0 saturated carbocycles. The van der Waals surface area contributed by atoms with Crippen LogP contribution in [0, 0.1) is 6.92 Å². The number of carbonyl (C=O) groups excluding carboxylic acids is 1. The Kier molecular flexibility index (Phi) is 16.2. The summed E-state index contributed by atoms with van der Waals surface area (Å²) in [4.78, 5) is 12.4. The minimum atomic E-state index is -1.75. The highest BCUT2D eigenvalue weighted by atomic mass is 35.6. The summed E-state index contributed by atoms with van der Waals surface area (Å²) < 4.78 is -1.75. The summed E-state index contributed by atoms with van der Waals surface area (Å²) in [5, 5.41) is 9.00. The van der Waals surface area contributed by atoms with E-state index in [4.69, 9.17) is 47.0 Å². The molecule has 8 heteroatoms. The largest absolute Gasteiger partial charge is 0.339 e. The molecule has 33 heavy (non-hydrogen) atoms. The van der Waals surface area contributed by atoms with Gasteiger partial charge in [-0.25, -0.2) is 0 Å². The molecule has 0 unspecified atom stereocenters. The van der Waals surface area contributed by atoms with Gasteiger partial charge in [-0.2, -0.15) is 0 Å². The van der Waals surface area contributed by atoms with Crippen molar-refractivity contribution in [3.05, 3.63) is 29.8 Å². The van der Waals surface area contributed by atoms with Gasteiger partial charge in [0.05, 0.1) is 0 Å². The average molecular weight is 537 g/mol. The van der Waals surface area contributed by atoms with Crippen LogP contribution >= 0.6 is 47.0 Å². The van der Waals surface area contributed by atoms with E-state index in [1.807, 2.05) is 31.2 Å². The van der Waals surface area contributed by atoms with Crippen molar-refractivity contribution in [3.63, 3.8) is 0 Å². The lowest BCUT2D eigenvalue weighted by atomic mass is 10.0. The van der Waals surface area contributed by atoms with Gasteiger partial charge < -0.3 is 16.0 Å². The molecule has 188 valence electrons. The fraction of sp³-hybridized carbons (Fsp3) is 0.680. The van der Waals surface area contributed by atoms with E-state index in [0.29, 0.717) is 6.42 Å². The van der Waals surface area contributed by atoms with E-state index in [-0.39, 0.29) is 11.0 Å². The van der Waals surface area contributed by atoms with Gasteiger partial charge in [0.1, 0.15) is 6.17 Å². The van der Waals surface area contributed by atoms with Gasteiger partial charge in [-0.3, -0.25) is 4.79 Å². The van der Waals surface area contributed by atoms with Gasteiger partial charge in [0.2, 0.25) is 9.70 Å². The summed E-state index contributed by atoms with van der Waals surface area (Å²) in [6.45, 7) is 4.22. The number of para-hydroxylation sites is 1. The molecule has 0 radical (unpaired) electrons. The first-order valence-electron chi connectivity index (χ1n) is 12.2. The Bertz CT molecular complexity index is 698. The van der Waals surface area contributed by atoms with Crippen LogP contribution in [0.25, 0.3) is 0 Å². The Labute approximate surface area is 220 Å². The molecule has 0 aliphatic carbocycles. The van der Waals surface area contributed by atoms with Crippen molar-refractivity contribution in [3.8, 4) is 0 Å². The van der Waals surface area contributed by atoms with E-state index in [9.17, 15) is 4.79 Å². The minimum absolute atomic E-state index is 0.162. The lowest BCUT2D eigenvalue weighted by Crippen LogP contribution is -2.56. The third-order valence-electron chi connectivity index (χ3n) is 5.56. The Morgan fingerprint density at radius 1 is 0.879 bits per heavy atom. The molecule has 4 nitrogen and oxygen atoms in total. The summed E-state index contributed by atoms with van der Waals surface area (Å²) in [6, 6.07) is 7.71. The average Bonchev–Trinajstić information content (AvgIpc) is 2.75. The molecule has 1 aromatic carbocycles. The number of nitrogens with one attached hydrogen (secondary N) is 3. The van der Waals surface area contributed by atoms with Crippen LogP contribution in [0.3, 0.4) is 0 Å². The smallest absolute Gasteiger partial charge is 0.228 e. The Morgan fingerprint density at radius 3 is 1.91 bits per heavy atom. The monoisotopic (exact) mass is 535 g/mol. The van der Waals surface area contributed by atoms with Crippen LogP contribution in [-0.4, -0.2) is 21.0 Å². The molecule has 1 aromatic rings. The third kappa shape index (κ3) is 15.0. The fourth-order valence-corrected chi connectivity index (χ4v) is 4.12. The predicted octanol–water partition coefficient (Wildman–Crippen LogP) is 8.19. The second-order valence-electron chi connectivity index (χ2n) is 8.59. The zero-order chi connectivity index (χ0) is 24.5. The van der Waals surface area contributed by atoms with Gasteiger partial charge in [-0.05, 0) is 37.2 Å². The number of aryl methyl sites for hydroxylation is 1. The van der Waals surface area contributed by atoms with Crippen LogP contribution in [0.4, 0.5) is 5.69 Å². The molecule has 1 rings (SSSR count). The van der Waals surface area contributed by atoms with Crippen molar-refractivity contribution in [2.45, 2.75) is 107 Å². The van der Waals surface area contributed by atoms with Crippen LogP contribution in [-0.2, 0) is 4.79 Å². The van der Waals surface area contributed by atoms with Gasteiger partial charge in [0.15, 0.2) is 5.11 Å². The van der Waals surface area contributed by atoms with E-state index in [1.165, 1.54) is 57.8 Å². The molecule has 1 atom stereocenters. The highest BCUT2D eigenvalue weighted by Gasteiger charge is 2.34. The quantitative estimate of drug-likeness (QED) is 0.0862. The Morgan fingerprint density at radius 2 is 1.39 bits per heavy atom. The Balaban J connectivity index is 2.23. The lowest BCUT2D eigenvalue weighted by Gasteiger charge is -2.28. The fourth-order valence-electron chi connectivity index (χ4n) is 3.56. The van der Waals surface area contributed by atoms with E-state index >= 15 is 0 Å². The maximum Gasteiger partial charge on any atom is 0.228 e. The molecule has 0 heterocycles. The zero-order valence-electron chi connectivity index (χ0n) is 20.0. The van der Waals surface area contributed by atoms with Crippen molar-refractivity contribution in [2.24, 2.45) is 0 Å². The first-order chi connectivity index (χ1) is 15.7. The van der Waals surface area contributed by atoms with Crippen LogP contribution in [0.5, 0.6) is 0 Å². The molecule has 0 bridgehead atoms. The Hall–Kier alpha value is -0.750. The molecule has 0 saturated heterocycles. The molecule has 0 aromatic heterocycles. The maximum absolute atomic E-state index is 12.4. The number of hydrogen-bond acceptors (Lipinski definition) is 2. The number of rotatable bonds is 16. The summed E-state index contributed by atoms with van der Waals surface area (Å²) in [5.74, 6) is -0.162. The second-order valence-corrected chi connectivity index (χ2v) is 11.4. The van der Waals surface area contributed by atoms with Crippen molar-refractivity contribution in [2.75, 3.05) is 5.32 Å². The van der Waals surface area contributed by atoms with Gasteiger partial charge in [-0.15, -0.1) is 0 Å². The standard InChI is InChI=1S/C25H40Cl3N3OS/c1-3-4-5-6-7-8-9-10-11-12-13-14-19-22(32)30-23(25(26,27)28)31-24(33)29-21-18-16-15-17-20(21)2/h15-18,23H,3-14,19H2,1-2H3,(H,30,32)(H2,29,31,33)/t23-/m1/s1. The highest BCUT2D eigenvalue weighted by Crippen LogP contribution is 2.29. The number of hydrogen-bond donors (Lipinski definition) is 3. The number of anilines is 1. The van der Waals surface area contributed by atoms with Crippen molar-refractivity contribution >= 4 is 63.7 Å². The number of thiocarbonyl (C=S) groups is 1. The van der Waals surface area contributed by atoms with E-state index in [0.717, 1.165) is 30.5 Å².